The quantitative estimate of drug-likeness (QED) is 0.627. The molecule has 0 atom stereocenters. The lowest BCUT2D eigenvalue weighted by Gasteiger charge is -2.26. The number of nitrogens with two attached hydrogens (primary N) is 1. The third-order valence-corrected chi connectivity index (χ3v) is 3.21. The number of piperidine rings is 1. The van der Waals surface area contributed by atoms with Gasteiger partial charge in [-0.3, -0.25) is 14.9 Å². The maximum absolute atomic E-state index is 12.0. The van der Waals surface area contributed by atoms with Crippen molar-refractivity contribution in [1.82, 2.24) is 9.88 Å². The summed E-state index contributed by atoms with van der Waals surface area (Å²) in [6.45, 7) is 1.47. The van der Waals surface area contributed by atoms with Crippen LogP contribution < -0.4 is 11.1 Å². The summed E-state index contributed by atoms with van der Waals surface area (Å²) < 4.78 is 0. The summed E-state index contributed by atoms with van der Waals surface area (Å²) in [5.41, 5.74) is 5.32. The molecule has 1 aromatic rings. The van der Waals surface area contributed by atoms with E-state index in [1.165, 1.54) is 12.1 Å². The van der Waals surface area contributed by atoms with Gasteiger partial charge in [-0.2, -0.15) is 0 Å². The van der Waals surface area contributed by atoms with Crippen LogP contribution in [0.4, 0.5) is 17.3 Å². The third kappa shape index (κ3) is 3.34. The minimum atomic E-state index is -0.555. The van der Waals surface area contributed by atoms with Crippen molar-refractivity contribution in [1.29, 1.82) is 0 Å². The normalized spacial score (nSPS) is 14.9. The summed E-state index contributed by atoms with van der Waals surface area (Å²) in [6.07, 6.45) is 3.14. The van der Waals surface area contributed by atoms with Crippen LogP contribution >= 0.6 is 0 Å². The number of nitrogens with zero attached hydrogens (tertiary/aromatic N) is 3. The Balaban J connectivity index is 2.01. The number of nitro groups is 1. The van der Waals surface area contributed by atoms with E-state index in [-0.39, 0.29) is 29.8 Å². The largest absolute Gasteiger partial charge is 0.384 e. The highest BCUT2D eigenvalue weighted by Gasteiger charge is 2.19. The number of nitrogen functional groups attached to an aromatic ring is 1. The molecule has 0 aromatic carbocycles. The average molecular weight is 279 g/mol. The molecule has 1 fully saturated rings. The number of aromatic nitrogens is 1. The Morgan fingerprint density at radius 1 is 1.40 bits per heavy atom. The van der Waals surface area contributed by atoms with Crippen LogP contribution in [-0.4, -0.2) is 40.3 Å². The van der Waals surface area contributed by atoms with Gasteiger partial charge in [-0.05, 0) is 25.3 Å². The number of amides is 1. The number of hydrogen-bond acceptors (Lipinski definition) is 6. The first kappa shape index (κ1) is 14.0. The molecule has 1 aliphatic rings. The molecule has 8 heteroatoms. The zero-order valence-electron chi connectivity index (χ0n) is 11.0. The number of anilines is 2. The predicted octanol–water partition coefficient (Wildman–Crippen LogP) is 0.996. The van der Waals surface area contributed by atoms with Crippen LogP contribution in [-0.2, 0) is 4.79 Å². The van der Waals surface area contributed by atoms with Gasteiger partial charge in [0.1, 0.15) is 5.82 Å². The molecule has 0 saturated carbocycles. The van der Waals surface area contributed by atoms with Gasteiger partial charge < -0.3 is 16.0 Å². The Morgan fingerprint density at radius 3 is 2.75 bits per heavy atom. The molecule has 1 amide bonds. The third-order valence-electron chi connectivity index (χ3n) is 3.21. The molecule has 8 nitrogen and oxygen atoms in total. The Morgan fingerprint density at radius 2 is 2.10 bits per heavy atom. The maximum Gasteiger partial charge on any atom is 0.311 e. The van der Waals surface area contributed by atoms with Crippen LogP contribution in [0.3, 0.4) is 0 Å². The highest BCUT2D eigenvalue weighted by Crippen LogP contribution is 2.22. The monoisotopic (exact) mass is 279 g/mol. The highest BCUT2D eigenvalue weighted by molar-refractivity contribution is 5.81. The molecule has 2 rings (SSSR count). The van der Waals surface area contributed by atoms with Crippen LogP contribution in [0.2, 0.25) is 0 Å². The summed E-state index contributed by atoms with van der Waals surface area (Å²) in [6, 6.07) is 2.63. The number of pyridine rings is 1. The highest BCUT2D eigenvalue weighted by atomic mass is 16.6. The van der Waals surface area contributed by atoms with Crippen molar-refractivity contribution in [3.05, 3.63) is 22.2 Å². The van der Waals surface area contributed by atoms with E-state index in [2.05, 4.69) is 10.3 Å². The Labute approximate surface area is 116 Å². The van der Waals surface area contributed by atoms with Gasteiger partial charge in [0.15, 0.2) is 0 Å². The van der Waals surface area contributed by atoms with Gasteiger partial charge in [0.05, 0.1) is 11.5 Å². The van der Waals surface area contributed by atoms with Gasteiger partial charge >= 0.3 is 5.69 Å². The van der Waals surface area contributed by atoms with Gasteiger partial charge in [-0.25, -0.2) is 4.98 Å². The van der Waals surface area contributed by atoms with Gasteiger partial charge in [-0.15, -0.1) is 0 Å². The van der Waals surface area contributed by atoms with Gasteiger partial charge in [0.2, 0.25) is 11.7 Å². The molecule has 0 bridgehead atoms. The fraction of sp³-hybridized carbons (Fsp3) is 0.500. The SMILES string of the molecule is Nc1ccc([N+](=O)[O-])c(NCC(=O)N2CCCCC2)n1. The topological polar surface area (TPSA) is 114 Å². The van der Waals surface area contributed by atoms with Crippen LogP contribution in [0.5, 0.6) is 0 Å². The molecule has 0 spiro atoms. The predicted molar refractivity (Wildman–Crippen MR) is 74.2 cm³/mol. The van der Waals surface area contributed by atoms with Gasteiger partial charge in [0.25, 0.3) is 0 Å². The van der Waals surface area contributed by atoms with E-state index >= 15 is 0 Å². The molecular weight excluding hydrogens is 262 g/mol. The summed E-state index contributed by atoms with van der Waals surface area (Å²) in [5.74, 6) is 0.118. The molecule has 20 heavy (non-hydrogen) atoms. The van der Waals surface area contributed by atoms with E-state index in [0.717, 1.165) is 32.4 Å². The van der Waals surface area contributed by atoms with Crippen LogP contribution in [0.25, 0.3) is 0 Å². The number of rotatable bonds is 4. The zero-order valence-corrected chi connectivity index (χ0v) is 11.0. The fourth-order valence-corrected chi connectivity index (χ4v) is 2.16. The van der Waals surface area contributed by atoms with E-state index in [0.29, 0.717) is 0 Å². The number of nitrogens with one attached hydrogen (secondary N) is 1. The molecule has 0 radical (unpaired) electrons. The lowest BCUT2D eigenvalue weighted by atomic mass is 10.1. The Bertz CT molecular complexity index is 514. The van der Waals surface area contributed by atoms with Crippen molar-refractivity contribution in [2.24, 2.45) is 0 Å². The number of likely N-dealkylation sites (tertiary alicyclic amines) is 1. The molecule has 1 saturated heterocycles. The van der Waals surface area contributed by atoms with E-state index in [4.69, 9.17) is 5.73 Å². The maximum atomic E-state index is 12.0. The summed E-state index contributed by atoms with van der Waals surface area (Å²) >= 11 is 0. The van der Waals surface area contributed by atoms with Gasteiger partial charge in [0, 0.05) is 19.2 Å². The number of carbonyl (C=O) groups is 1. The van der Waals surface area contributed by atoms with Crippen molar-refractivity contribution in [2.75, 3.05) is 30.7 Å². The summed E-state index contributed by atoms with van der Waals surface area (Å²) in [4.78, 5) is 27.9. The van der Waals surface area contributed by atoms with Crippen LogP contribution in [0.1, 0.15) is 19.3 Å². The molecule has 1 aromatic heterocycles. The molecule has 1 aliphatic heterocycles. The van der Waals surface area contributed by atoms with Crippen LogP contribution in [0, 0.1) is 10.1 Å². The summed E-state index contributed by atoms with van der Waals surface area (Å²) in [5, 5.41) is 13.6. The van der Waals surface area contributed by atoms with Gasteiger partial charge in [-0.1, -0.05) is 0 Å². The van der Waals surface area contributed by atoms with Crippen molar-refractivity contribution in [3.63, 3.8) is 0 Å². The summed E-state index contributed by atoms with van der Waals surface area (Å²) in [7, 11) is 0. The fourth-order valence-electron chi connectivity index (χ4n) is 2.16. The van der Waals surface area contributed by atoms with E-state index < -0.39 is 4.92 Å². The smallest absolute Gasteiger partial charge is 0.311 e. The molecule has 2 heterocycles. The molecule has 0 unspecified atom stereocenters. The molecule has 3 N–H and O–H groups in total. The minimum Gasteiger partial charge on any atom is -0.384 e. The minimum absolute atomic E-state index is 0.0166. The molecular formula is C12H17N5O3. The second-order valence-corrected chi connectivity index (χ2v) is 4.66. The van der Waals surface area contributed by atoms with Crippen LogP contribution in [0.15, 0.2) is 12.1 Å². The zero-order chi connectivity index (χ0) is 14.5. The number of carbonyl (C=O) groups excluding carboxylic acids is 1. The second kappa shape index (κ2) is 6.18. The Kier molecular flexibility index (Phi) is 4.34. The Hall–Kier alpha value is -2.38. The number of hydrogen-bond donors (Lipinski definition) is 2. The van der Waals surface area contributed by atoms with Crippen molar-refractivity contribution >= 4 is 23.2 Å². The first-order valence-corrected chi connectivity index (χ1v) is 6.50. The molecule has 0 aliphatic carbocycles. The lowest BCUT2D eigenvalue weighted by Crippen LogP contribution is -2.39. The van der Waals surface area contributed by atoms with E-state index in [1.807, 2.05) is 0 Å². The van der Waals surface area contributed by atoms with Crippen molar-refractivity contribution in [2.45, 2.75) is 19.3 Å². The first-order chi connectivity index (χ1) is 9.58. The average Bonchev–Trinajstić information content (AvgIpc) is 2.45. The lowest BCUT2D eigenvalue weighted by molar-refractivity contribution is -0.384. The first-order valence-electron chi connectivity index (χ1n) is 6.50. The van der Waals surface area contributed by atoms with Crippen molar-refractivity contribution in [3.8, 4) is 0 Å². The standard InChI is InChI=1S/C12H17N5O3/c13-10-5-4-9(17(19)20)12(15-10)14-8-11(18)16-6-2-1-3-7-16/h4-5H,1-3,6-8H2,(H3,13,14,15). The van der Waals surface area contributed by atoms with E-state index in [9.17, 15) is 14.9 Å². The van der Waals surface area contributed by atoms with E-state index in [1.54, 1.807) is 4.90 Å². The second-order valence-electron chi connectivity index (χ2n) is 4.66. The molecule has 108 valence electrons. The van der Waals surface area contributed by atoms with Crippen molar-refractivity contribution < 1.29 is 9.72 Å².